The van der Waals surface area contributed by atoms with Crippen molar-refractivity contribution in [2.24, 2.45) is 0 Å². The Morgan fingerprint density at radius 3 is 2.67 bits per heavy atom. The van der Waals surface area contributed by atoms with Crippen molar-refractivity contribution in [3.8, 4) is 0 Å². The number of hydrogen-bond acceptors (Lipinski definition) is 5. The van der Waals surface area contributed by atoms with E-state index in [0.717, 1.165) is 32.2 Å². The van der Waals surface area contributed by atoms with E-state index < -0.39 is 20.5 Å². The van der Waals surface area contributed by atoms with E-state index in [1.54, 1.807) is 0 Å². The number of fused-ring (bicyclic) bond motifs is 1. The van der Waals surface area contributed by atoms with Crippen LogP contribution >= 0.6 is 0 Å². The van der Waals surface area contributed by atoms with Gasteiger partial charge in [0.1, 0.15) is 0 Å². The van der Waals surface area contributed by atoms with E-state index in [9.17, 15) is 18.5 Å². The molecule has 1 aromatic carbocycles. The van der Waals surface area contributed by atoms with E-state index in [2.05, 4.69) is 10.0 Å². The average Bonchev–Trinajstić information content (AvgIpc) is 2.97. The van der Waals surface area contributed by atoms with Crippen LogP contribution in [0.5, 0.6) is 0 Å². The van der Waals surface area contributed by atoms with Crippen LogP contribution in [-0.4, -0.2) is 31.5 Å². The van der Waals surface area contributed by atoms with Crippen molar-refractivity contribution in [2.75, 3.05) is 6.54 Å². The second-order valence-corrected chi connectivity index (χ2v) is 7.34. The Kier molecular flexibility index (Phi) is 3.46. The van der Waals surface area contributed by atoms with E-state index in [1.807, 2.05) is 0 Å². The van der Waals surface area contributed by atoms with E-state index in [-0.39, 0.29) is 16.6 Å². The molecule has 1 aliphatic carbocycles. The van der Waals surface area contributed by atoms with Gasteiger partial charge >= 0.3 is 0 Å². The van der Waals surface area contributed by atoms with Crippen molar-refractivity contribution >= 4 is 15.7 Å². The van der Waals surface area contributed by atoms with Crippen LogP contribution in [0.1, 0.15) is 25.7 Å². The number of benzene rings is 1. The molecule has 0 spiro atoms. The van der Waals surface area contributed by atoms with Gasteiger partial charge in [-0.3, -0.25) is 10.1 Å². The lowest BCUT2D eigenvalue weighted by atomic mass is 9.95. The Hall–Kier alpha value is -1.51. The number of nitrogens with zero attached hydrogens (tertiary/aromatic N) is 1. The summed E-state index contributed by atoms with van der Waals surface area (Å²) in [5.41, 5.74) is -0.519. The maximum atomic E-state index is 12.5. The molecule has 1 saturated carbocycles. The number of nitro groups is 1. The van der Waals surface area contributed by atoms with Crippen LogP contribution in [0.3, 0.4) is 0 Å². The van der Waals surface area contributed by atoms with Crippen LogP contribution in [0.2, 0.25) is 0 Å². The lowest BCUT2D eigenvalue weighted by Crippen LogP contribution is -2.52. The Morgan fingerprint density at radius 1 is 1.29 bits per heavy atom. The number of rotatable bonds is 4. The third-order valence-electron chi connectivity index (χ3n) is 4.44. The molecule has 2 N–H and O–H groups in total. The standard InChI is InChI=1S/C13H17N3O4S/c17-16(18)10-3-5-11(6-4-10)21(19,20)15-13-7-1-2-12(13)14-9-8-13/h3-6,12,14-15H,1-2,7-9H2. The summed E-state index contributed by atoms with van der Waals surface area (Å²) < 4.78 is 27.8. The zero-order valence-electron chi connectivity index (χ0n) is 11.4. The highest BCUT2D eigenvalue weighted by molar-refractivity contribution is 7.89. The monoisotopic (exact) mass is 311 g/mol. The molecule has 2 atom stereocenters. The third kappa shape index (κ3) is 2.54. The summed E-state index contributed by atoms with van der Waals surface area (Å²) in [6, 6.07) is 5.17. The van der Waals surface area contributed by atoms with Crippen molar-refractivity contribution in [1.82, 2.24) is 10.0 Å². The van der Waals surface area contributed by atoms with Crippen LogP contribution < -0.4 is 10.0 Å². The normalized spacial score (nSPS) is 28.5. The lowest BCUT2D eigenvalue weighted by Gasteiger charge is -2.29. The van der Waals surface area contributed by atoms with E-state index in [0.29, 0.717) is 0 Å². The molecule has 21 heavy (non-hydrogen) atoms. The Morgan fingerprint density at radius 2 is 2.00 bits per heavy atom. The molecule has 1 aromatic rings. The minimum atomic E-state index is -3.66. The summed E-state index contributed by atoms with van der Waals surface area (Å²) in [6.45, 7) is 0.813. The first-order chi connectivity index (χ1) is 9.93. The highest BCUT2D eigenvalue weighted by Gasteiger charge is 2.48. The number of sulfonamides is 1. The first kappa shape index (κ1) is 14.4. The molecule has 1 aliphatic heterocycles. The van der Waals surface area contributed by atoms with Gasteiger partial charge in [-0.15, -0.1) is 0 Å². The number of non-ortho nitro benzene ring substituents is 1. The van der Waals surface area contributed by atoms with Crippen molar-refractivity contribution < 1.29 is 13.3 Å². The fraction of sp³-hybridized carbons (Fsp3) is 0.538. The van der Waals surface area contributed by atoms with Crippen LogP contribution in [0.25, 0.3) is 0 Å². The fourth-order valence-electron chi connectivity index (χ4n) is 3.38. The molecule has 0 radical (unpaired) electrons. The summed E-state index contributed by atoms with van der Waals surface area (Å²) in [5, 5.41) is 14.0. The Labute approximate surface area is 122 Å². The number of hydrogen-bond donors (Lipinski definition) is 2. The first-order valence-electron chi connectivity index (χ1n) is 6.95. The third-order valence-corrected chi connectivity index (χ3v) is 6.01. The molecule has 1 heterocycles. The SMILES string of the molecule is O=[N+]([O-])c1ccc(S(=O)(=O)NC23CCCC2NCC3)cc1. The summed E-state index contributed by atoms with van der Waals surface area (Å²) >= 11 is 0. The molecule has 8 heteroatoms. The quantitative estimate of drug-likeness (QED) is 0.642. The van der Waals surface area contributed by atoms with Crippen molar-refractivity contribution in [3.05, 3.63) is 34.4 Å². The molecule has 114 valence electrons. The fourth-order valence-corrected chi connectivity index (χ4v) is 4.88. The zero-order chi connectivity index (χ0) is 15.1. The molecule has 2 aliphatic rings. The van der Waals surface area contributed by atoms with E-state index >= 15 is 0 Å². The topological polar surface area (TPSA) is 101 Å². The minimum absolute atomic E-state index is 0.0695. The molecule has 0 aromatic heterocycles. The van der Waals surface area contributed by atoms with Crippen LogP contribution in [0.15, 0.2) is 29.2 Å². The Bertz CT molecular complexity index is 646. The largest absolute Gasteiger partial charge is 0.312 e. The smallest absolute Gasteiger partial charge is 0.269 e. The summed E-state index contributed by atoms with van der Waals surface area (Å²) in [7, 11) is -3.66. The van der Waals surface area contributed by atoms with Crippen LogP contribution in [-0.2, 0) is 10.0 Å². The van der Waals surface area contributed by atoms with Crippen LogP contribution in [0, 0.1) is 10.1 Å². The molecule has 7 nitrogen and oxygen atoms in total. The average molecular weight is 311 g/mol. The summed E-state index contributed by atoms with van der Waals surface area (Å²) in [6.07, 6.45) is 3.59. The number of nitro benzene ring substituents is 1. The van der Waals surface area contributed by atoms with E-state index in [1.165, 1.54) is 24.3 Å². The molecule has 0 bridgehead atoms. The predicted octanol–water partition coefficient (Wildman–Crippen LogP) is 1.16. The second-order valence-electron chi connectivity index (χ2n) is 5.66. The maximum absolute atomic E-state index is 12.5. The highest BCUT2D eigenvalue weighted by atomic mass is 32.2. The predicted molar refractivity (Wildman–Crippen MR) is 76.4 cm³/mol. The van der Waals surface area contributed by atoms with Crippen molar-refractivity contribution in [2.45, 2.75) is 42.2 Å². The Balaban J connectivity index is 1.85. The minimum Gasteiger partial charge on any atom is -0.312 e. The van der Waals surface area contributed by atoms with Gasteiger partial charge in [-0.2, -0.15) is 0 Å². The summed E-state index contributed by atoms with van der Waals surface area (Å²) in [5.74, 6) is 0. The van der Waals surface area contributed by atoms with Gasteiger partial charge in [0.05, 0.1) is 9.82 Å². The van der Waals surface area contributed by atoms with Gasteiger partial charge in [0.2, 0.25) is 10.0 Å². The molecule has 3 rings (SSSR count). The molecule has 0 amide bonds. The van der Waals surface area contributed by atoms with E-state index in [4.69, 9.17) is 0 Å². The highest BCUT2D eigenvalue weighted by Crippen LogP contribution is 2.37. The second kappa shape index (κ2) is 5.04. The molecule has 2 fully saturated rings. The van der Waals surface area contributed by atoms with Crippen LogP contribution in [0.4, 0.5) is 5.69 Å². The van der Waals surface area contributed by atoms with Gasteiger partial charge in [0.25, 0.3) is 5.69 Å². The maximum Gasteiger partial charge on any atom is 0.269 e. The van der Waals surface area contributed by atoms with Crippen molar-refractivity contribution in [3.63, 3.8) is 0 Å². The van der Waals surface area contributed by atoms with Gasteiger partial charge in [0, 0.05) is 23.7 Å². The lowest BCUT2D eigenvalue weighted by molar-refractivity contribution is -0.384. The molecule has 1 saturated heterocycles. The molecule has 2 unspecified atom stereocenters. The van der Waals surface area contributed by atoms with Gasteiger partial charge in [0.15, 0.2) is 0 Å². The zero-order valence-corrected chi connectivity index (χ0v) is 12.2. The number of nitrogens with one attached hydrogen (secondary N) is 2. The molecular weight excluding hydrogens is 294 g/mol. The van der Waals surface area contributed by atoms with Gasteiger partial charge in [-0.1, -0.05) is 0 Å². The molecular formula is C13H17N3O4S. The summed E-state index contributed by atoms with van der Waals surface area (Å²) in [4.78, 5) is 10.1. The first-order valence-corrected chi connectivity index (χ1v) is 8.43. The van der Waals surface area contributed by atoms with Gasteiger partial charge in [-0.05, 0) is 44.4 Å². The van der Waals surface area contributed by atoms with Gasteiger partial charge in [-0.25, -0.2) is 13.1 Å². The van der Waals surface area contributed by atoms with Gasteiger partial charge < -0.3 is 5.32 Å². The van der Waals surface area contributed by atoms with Crippen molar-refractivity contribution in [1.29, 1.82) is 0 Å².